The lowest BCUT2D eigenvalue weighted by Crippen LogP contribution is -2.15. The first kappa shape index (κ1) is 17.6. The summed E-state index contributed by atoms with van der Waals surface area (Å²) in [6.45, 7) is 5.71. The smallest absolute Gasteiger partial charge is 0.161 e. The predicted molar refractivity (Wildman–Crippen MR) is 95.7 cm³/mol. The van der Waals surface area contributed by atoms with Crippen LogP contribution < -0.4 is 15.2 Å². The Labute approximate surface area is 143 Å². The monoisotopic (exact) mass is 333 g/mol. The Morgan fingerprint density at radius 2 is 1.74 bits per heavy atom. The number of benzene rings is 2. The second kappa shape index (κ2) is 8.80. The third kappa shape index (κ3) is 4.88. The topological polar surface area (TPSA) is 44.5 Å². The number of ether oxygens (including phenoxy) is 2. The number of nitrogens with two attached hydrogens (primary N) is 1. The lowest BCUT2D eigenvalue weighted by Gasteiger charge is -2.18. The Morgan fingerprint density at radius 3 is 2.39 bits per heavy atom. The zero-order valence-corrected chi connectivity index (χ0v) is 14.5. The molecule has 1 atom stereocenters. The minimum absolute atomic E-state index is 0.211. The van der Waals surface area contributed by atoms with Crippen molar-refractivity contribution in [2.24, 2.45) is 5.73 Å². The van der Waals surface area contributed by atoms with E-state index in [1.54, 1.807) is 0 Å². The van der Waals surface area contributed by atoms with Crippen molar-refractivity contribution in [2.75, 3.05) is 19.8 Å². The standard InChI is InChI=1S/C19H24ClNO2/c1-3-22-18-9-8-15(12-19(18)23-4-2)16(13-21)10-14-6-5-7-17(20)11-14/h5-9,11-12,16H,3-4,10,13,21H2,1-2H3. The van der Waals surface area contributed by atoms with E-state index in [1.807, 2.05) is 44.2 Å². The molecule has 2 N–H and O–H groups in total. The summed E-state index contributed by atoms with van der Waals surface area (Å²) in [4.78, 5) is 0. The van der Waals surface area contributed by atoms with Crippen molar-refractivity contribution in [1.82, 2.24) is 0 Å². The fraction of sp³-hybridized carbons (Fsp3) is 0.368. The van der Waals surface area contributed by atoms with Crippen LogP contribution in [0.2, 0.25) is 5.02 Å². The quantitative estimate of drug-likeness (QED) is 0.777. The Morgan fingerprint density at radius 1 is 1.00 bits per heavy atom. The summed E-state index contributed by atoms with van der Waals surface area (Å²) < 4.78 is 11.3. The van der Waals surface area contributed by atoms with Gasteiger partial charge in [-0.15, -0.1) is 0 Å². The molecule has 1 unspecified atom stereocenters. The number of halogens is 1. The second-order valence-electron chi connectivity index (χ2n) is 5.34. The van der Waals surface area contributed by atoms with Crippen LogP contribution in [0, 0.1) is 0 Å². The van der Waals surface area contributed by atoms with Gasteiger partial charge in [0.2, 0.25) is 0 Å². The maximum Gasteiger partial charge on any atom is 0.161 e. The Bertz CT molecular complexity index is 631. The summed E-state index contributed by atoms with van der Waals surface area (Å²) in [5, 5.41) is 0.750. The molecule has 0 aliphatic heterocycles. The molecule has 0 saturated carbocycles. The molecular weight excluding hydrogens is 310 g/mol. The van der Waals surface area contributed by atoms with Crippen LogP contribution in [0.3, 0.4) is 0 Å². The first-order valence-corrected chi connectivity index (χ1v) is 8.39. The van der Waals surface area contributed by atoms with Crippen LogP contribution in [0.15, 0.2) is 42.5 Å². The normalized spacial score (nSPS) is 12.0. The van der Waals surface area contributed by atoms with Gasteiger partial charge < -0.3 is 15.2 Å². The van der Waals surface area contributed by atoms with Crippen molar-refractivity contribution in [3.8, 4) is 11.5 Å². The van der Waals surface area contributed by atoms with E-state index in [0.717, 1.165) is 28.5 Å². The second-order valence-corrected chi connectivity index (χ2v) is 5.78. The van der Waals surface area contributed by atoms with Crippen LogP contribution in [-0.2, 0) is 6.42 Å². The van der Waals surface area contributed by atoms with Crippen molar-refractivity contribution in [2.45, 2.75) is 26.2 Å². The van der Waals surface area contributed by atoms with E-state index in [9.17, 15) is 0 Å². The van der Waals surface area contributed by atoms with E-state index >= 15 is 0 Å². The summed E-state index contributed by atoms with van der Waals surface area (Å²) in [6, 6.07) is 14.0. The zero-order chi connectivity index (χ0) is 16.7. The molecule has 0 spiro atoms. The van der Waals surface area contributed by atoms with E-state index in [2.05, 4.69) is 12.1 Å². The molecule has 0 saturated heterocycles. The third-order valence-corrected chi connectivity index (χ3v) is 3.93. The van der Waals surface area contributed by atoms with Crippen molar-refractivity contribution in [1.29, 1.82) is 0 Å². The molecule has 0 aliphatic carbocycles. The highest BCUT2D eigenvalue weighted by molar-refractivity contribution is 6.30. The molecule has 2 aromatic carbocycles. The van der Waals surface area contributed by atoms with Crippen molar-refractivity contribution < 1.29 is 9.47 Å². The van der Waals surface area contributed by atoms with Crippen LogP contribution in [0.5, 0.6) is 11.5 Å². The molecule has 124 valence electrons. The molecule has 0 heterocycles. The molecule has 0 amide bonds. The molecule has 0 fully saturated rings. The lowest BCUT2D eigenvalue weighted by atomic mass is 9.92. The van der Waals surface area contributed by atoms with Crippen molar-refractivity contribution >= 4 is 11.6 Å². The minimum atomic E-state index is 0.211. The highest BCUT2D eigenvalue weighted by Crippen LogP contribution is 2.32. The van der Waals surface area contributed by atoms with Gasteiger partial charge >= 0.3 is 0 Å². The highest BCUT2D eigenvalue weighted by Gasteiger charge is 2.14. The van der Waals surface area contributed by atoms with Gasteiger partial charge in [-0.25, -0.2) is 0 Å². The molecule has 23 heavy (non-hydrogen) atoms. The molecule has 0 bridgehead atoms. The van der Waals surface area contributed by atoms with E-state index in [-0.39, 0.29) is 5.92 Å². The van der Waals surface area contributed by atoms with Crippen LogP contribution in [0.25, 0.3) is 0 Å². The average molecular weight is 334 g/mol. The van der Waals surface area contributed by atoms with Crippen molar-refractivity contribution in [3.05, 3.63) is 58.6 Å². The molecule has 0 aromatic heterocycles. The summed E-state index contributed by atoms with van der Waals surface area (Å²) in [5.74, 6) is 1.76. The van der Waals surface area contributed by atoms with Crippen LogP contribution in [0.1, 0.15) is 30.9 Å². The molecule has 2 aromatic rings. The largest absolute Gasteiger partial charge is 0.490 e. The molecule has 0 aliphatic rings. The van der Waals surface area contributed by atoms with Gasteiger partial charge in [0.15, 0.2) is 11.5 Å². The number of rotatable bonds is 8. The SMILES string of the molecule is CCOc1ccc(C(CN)Cc2cccc(Cl)c2)cc1OCC. The van der Waals surface area contributed by atoms with E-state index in [1.165, 1.54) is 5.56 Å². The van der Waals surface area contributed by atoms with Gasteiger partial charge in [-0.2, -0.15) is 0 Å². The van der Waals surface area contributed by atoms with Gasteiger partial charge in [0, 0.05) is 10.9 Å². The third-order valence-electron chi connectivity index (χ3n) is 3.69. The Balaban J connectivity index is 2.24. The minimum Gasteiger partial charge on any atom is -0.490 e. The molecule has 3 nitrogen and oxygen atoms in total. The summed E-state index contributed by atoms with van der Waals surface area (Å²) in [5.41, 5.74) is 8.34. The number of hydrogen-bond acceptors (Lipinski definition) is 3. The molecule has 4 heteroatoms. The summed E-state index contributed by atoms with van der Waals surface area (Å²) in [6.07, 6.45) is 0.844. The van der Waals surface area contributed by atoms with Gasteiger partial charge in [-0.1, -0.05) is 29.8 Å². The maximum atomic E-state index is 6.07. The van der Waals surface area contributed by atoms with Gasteiger partial charge in [0.25, 0.3) is 0 Å². The summed E-state index contributed by atoms with van der Waals surface area (Å²) >= 11 is 6.07. The first-order chi connectivity index (χ1) is 11.2. The Kier molecular flexibility index (Phi) is 6.75. The fourth-order valence-electron chi connectivity index (χ4n) is 2.61. The highest BCUT2D eigenvalue weighted by atomic mass is 35.5. The van der Waals surface area contributed by atoms with E-state index in [0.29, 0.717) is 19.8 Å². The van der Waals surface area contributed by atoms with Gasteiger partial charge in [0.1, 0.15) is 0 Å². The van der Waals surface area contributed by atoms with E-state index < -0.39 is 0 Å². The maximum absolute atomic E-state index is 6.07. The molecule has 2 rings (SSSR count). The number of hydrogen-bond donors (Lipinski definition) is 1. The first-order valence-electron chi connectivity index (χ1n) is 8.02. The predicted octanol–water partition coefficient (Wildman–Crippen LogP) is 4.42. The van der Waals surface area contributed by atoms with Crippen LogP contribution in [-0.4, -0.2) is 19.8 Å². The van der Waals surface area contributed by atoms with Crippen LogP contribution >= 0.6 is 11.6 Å². The Hall–Kier alpha value is -1.71. The van der Waals surface area contributed by atoms with Gasteiger partial charge in [-0.3, -0.25) is 0 Å². The van der Waals surface area contributed by atoms with Crippen LogP contribution in [0.4, 0.5) is 0 Å². The fourth-order valence-corrected chi connectivity index (χ4v) is 2.82. The molecule has 0 radical (unpaired) electrons. The lowest BCUT2D eigenvalue weighted by molar-refractivity contribution is 0.287. The van der Waals surface area contributed by atoms with Gasteiger partial charge in [-0.05, 0) is 62.2 Å². The van der Waals surface area contributed by atoms with Gasteiger partial charge in [0.05, 0.1) is 13.2 Å². The van der Waals surface area contributed by atoms with Crippen molar-refractivity contribution in [3.63, 3.8) is 0 Å². The van der Waals surface area contributed by atoms with E-state index in [4.69, 9.17) is 26.8 Å². The zero-order valence-electron chi connectivity index (χ0n) is 13.7. The summed E-state index contributed by atoms with van der Waals surface area (Å²) in [7, 11) is 0. The average Bonchev–Trinajstić information content (AvgIpc) is 2.55. The molecular formula is C19H24ClNO2.